The molecular formula is C19H22N2O5. The average molecular weight is 358 g/mol. The van der Waals surface area contributed by atoms with Crippen molar-refractivity contribution in [3.63, 3.8) is 0 Å². The Hall–Kier alpha value is -3.09. The van der Waals surface area contributed by atoms with Crippen molar-refractivity contribution in [3.05, 3.63) is 57.6 Å². The Morgan fingerprint density at radius 1 is 1.23 bits per heavy atom. The van der Waals surface area contributed by atoms with Crippen LogP contribution in [0.3, 0.4) is 0 Å². The molecule has 0 heterocycles. The molecule has 0 aliphatic carbocycles. The Balaban J connectivity index is 2.20. The van der Waals surface area contributed by atoms with Crippen molar-refractivity contribution < 1.29 is 19.2 Å². The van der Waals surface area contributed by atoms with Crippen LogP contribution in [0.4, 0.5) is 11.4 Å². The van der Waals surface area contributed by atoms with E-state index in [1.54, 1.807) is 31.2 Å². The van der Waals surface area contributed by atoms with Gasteiger partial charge in [-0.05, 0) is 37.6 Å². The van der Waals surface area contributed by atoms with Crippen LogP contribution in [0.25, 0.3) is 0 Å². The number of carbonyl (C=O) groups excluding carboxylic acids is 1. The Morgan fingerprint density at radius 2 is 2.00 bits per heavy atom. The number of nitro benzene ring substituents is 1. The van der Waals surface area contributed by atoms with E-state index in [1.165, 1.54) is 19.2 Å². The van der Waals surface area contributed by atoms with E-state index in [1.807, 2.05) is 0 Å². The van der Waals surface area contributed by atoms with Crippen molar-refractivity contribution in [2.24, 2.45) is 0 Å². The highest BCUT2D eigenvalue weighted by molar-refractivity contribution is 6.05. The summed E-state index contributed by atoms with van der Waals surface area (Å²) in [7, 11) is 1.51. The van der Waals surface area contributed by atoms with Gasteiger partial charge in [-0.25, -0.2) is 0 Å². The molecule has 2 rings (SSSR count). The molecule has 0 aliphatic rings. The predicted molar refractivity (Wildman–Crippen MR) is 99.2 cm³/mol. The molecular weight excluding hydrogens is 336 g/mol. The van der Waals surface area contributed by atoms with E-state index in [0.717, 1.165) is 12.8 Å². The minimum absolute atomic E-state index is 0.0416. The van der Waals surface area contributed by atoms with Gasteiger partial charge in [-0.15, -0.1) is 0 Å². The first-order valence-corrected chi connectivity index (χ1v) is 8.34. The number of amides is 1. The molecule has 0 fully saturated rings. The third-order valence-corrected chi connectivity index (χ3v) is 3.93. The number of hydrogen-bond acceptors (Lipinski definition) is 5. The highest BCUT2D eigenvalue weighted by atomic mass is 16.6. The van der Waals surface area contributed by atoms with Crippen LogP contribution in [-0.2, 0) is 0 Å². The summed E-state index contributed by atoms with van der Waals surface area (Å²) in [4.78, 5) is 23.1. The van der Waals surface area contributed by atoms with Crippen LogP contribution < -0.4 is 14.8 Å². The highest BCUT2D eigenvalue weighted by Crippen LogP contribution is 2.30. The summed E-state index contributed by atoms with van der Waals surface area (Å²) in [5.41, 5.74) is 1.12. The smallest absolute Gasteiger partial charge is 0.274 e. The molecule has 0 aliphatic heterocycles. The number of carbonyl (C=O) groups is 1. The topological polar surface area (TPSA) is 90.7 Å². The Kier molecular flexibility index (Phi) is 6.54. The standard InChI is InChI=1S/C19H22N2O5/c1-4-5-11-26-17-10-9-14(12-18(17)25-3)19(22)20-15-7-6-8-16(13(15)2)21(23)24/h6-10,12H,4-5,11H2,1-3H3,(H,20,22). The summed E-state index contributed by atoms with van der Waals surface area (Å²) >= 11 is 0. The van der Waals surface area contributed by atoms with Gasteiger partial charge in [-0.3, -0.25) is 14.9 Å². The maximum Gasteiger partial charge on any atom is 0.274 e. The predicted octanol–water partition coefficient (Wildman–Crippen LogP) is 4.34. The minimum atomic E-state index is -0.476. The van der Waals surface area contributed by atoms with E-state index < -0.39 is 4.92 Å². The number of anilines is 1. The van der Waals surface area contributed by atoms with Gasteiger partial charge >= 0.3 is 0 Å². The molecule has 2 aromatic carbocycles. The Morgan fingerprint density at radius 3 is 2.65 bits per heavy atom. The largest absolute Gasteiger partial charge is 0.493 e. The number of nitrogens with zero attached hydrogens (tertiary/aromatic N) is 1. The van der Waals surface area contributed by atoms with Gasteiger partial charge in [-0.1, -0.05) is 19.4 Å². The summed E-state index contributed by atoms with van der Waals surface area (Å²) in [5, 5.41) is 13.7. The zero-order valence-corrected chi connectivity index (χ0v) is 15.1. The van der Waals surface area contributed by atoms with Crippen LogP contribution in [0, 0.1) is 17.0 Å². The van der Waals surface area contributed by atoms with E-state index in [2.05, 4.69) is 12.2 Å². The van der Waals surface area contributed by atoms with Crippen molar-refractivity contribution in [1.29, 1.82) is 0 Å². The number of nitrogens with one attached hydrogen (secondary N) is 1. The van der Waals surface area contributed by atoms with Crippen LogP contribution in [-0.4, -0.2) is 24.5 Å². The van der Waals surface area contributed by atoms with Crippen LogP contribution in [0.15, 0.2) is 36.4 Å². The Bertz CT molecular complexity index is 805. The van der Waals surface area contributed by atoms with E-state index in [-0.39, 0.29) is 11.6 Å². The number of hydrogen-bond donors (Lipinski definition) is 1. The molecule has 0 spiro atoms. The molecule has 7 nitrogen and oxygen atoms in total. The van der Waals surface area contributed by atoms with Crippen molar-refractivity contribution in [1.82, 2.24) is 0 Å². The molecule has 2 aromatic rings. The van der Waals surface area contributed by atoms with Crippen molar-refractivity contribution in [2.75, 3.05) is 19.0 Å². The number of nitro groups is 1. The van der Waals surface area contributed by atoms with Gasteiger partial charge in [0, 0.05) is 11.6 Å². The zero-order chi connectivity index (χ0) is 19.1. The van der Waals surface area contributed by atoms with Gasteiger partial charge in [0.2, 0.25) is 0 Å². The molecule has 0 radical (unpaired) electrons. The number of benzene rings is 2. The van der Waals surface area contributed by atoms with E-state index >= 15 is 0 Å². The molecule has 0 unspecified atom stereocenters. The van der Waals surface area contributed by atoms with Crippen molar-refractivity contribution in [2.45, 2.75) is 26.7 Å². The third kappa shape index (κ3) is 4.50. The first-order chi connectivity index (χ1) is 12.5. The Labute approximate surface area is 152 Å². The number of methoxy groups -OCH3 is 1. The fourth-order valence-corrected chi connectivity index (χ4v) is 2.41. The lowest BCUT2D eigenvalue weighted by Gasteiger charge is -2.13. The van der Waals surface area contributed by atoms with Gasteiger partial charge in [0.25, 0.3) is 11.6 Å². The lowest BCUT2D eigenvalue weighted by atomic mass is 10.1. The molecule has 138 valence electrons. The minimum Gasteiger partial charge on any atom is -0.493 e. The molecule has 0 atom stereocenters. The molecule has 0 bridgehead atoms. The fraction of sp³-hybridized carbons (Fsp3) is 0.316. The van der Waals surface area contributed by atoms with Crippen LogP contribution in [0.1, 0.15) is 35.7 Å². The summed E-state index contributed by atoms with van der Waals surface area (Å²) in [6.07, 6.45) is 1.95. The summed E-state index contributed by atoms with van der Waals surface area (Å²) in [6, 6.07) is 9.46. The second kappa shape index (κ2) is 8.84. The second-order valence-corrected chi connectivity index (χ2v) is 5.73. The van der Waals surface area contributed by atoms with E-state index in [4.69, 9.17) is 9.47 Å². The number of rotatable bonds is 8. The molecule has 0 saturated carbocycles. The molecule has 0 saturated heterocycles. The normalized spacial score (nSPS) is 10.3. The molecule has 0 aromatic heterocycles. The van der Waals surface area contributed by atoms with Crippen molar-refractivity contribution >= 4 is 17.3 Å². The number of unbranched alkanes of at least 4 members (excludes halogenated alkanes) is 1. The van der Waals surface area contributed by atoms with E-state index in [9.17, 15) is 14.9 Å². The SMILES string of the molecule is CCCCOc1ccc(C(=O)Nc2cccc([N+](=O)[O-])c2C)cc1OC. The van der Waals surface area contributed by atoms with Gasteiger partial charge in [0.1, 0.15) is 0 Å². The van der Waals surface area contributed by atoms with Gasteiger partial charge in [-0.2, -0.15) is 0 Å². The third-order valence-electron chi connectivity index (χ3n) is 3.93. The summed E-state index contributed by atoms with van der Waals surface area (Å²) < 4.78 is 10.9. The van der Waals surface area contributed by atoms with Crippen LogP contribution in [0.5, 0.6) is 11.5 Å². The summed E-state index contributed by atoms with van der Waals surface area (Å²) in [5.74, 6) is 0.653. The lowest BCUT2D eigenvalue weighted by Crippen LogP contribution is -2.13. The van der Waals surface area contributed by atoms with Crippen LogP contribution in [0.2, 0.25) is 0 Å². The van der Waals surface area contributed by atoms with E-state index in [0.29, 0.717) is 34.9 Å². The van der Waals surface area contributed by atoms with Gasteiger partial charge in [0.05, 0.1) is 29.9 Å². The maximum absolute atomic E-state index is 12.5. The first-order valence-electron chi connectivity index (χ1n) is 8.34. The number of ether oxygens (including phenoxy) is 2. The monoisotopic (exact) mass is 358 g/mol. The fourth-order valence-electron chi connectivity index (χ4n) is 2.41. The maximum atomic E-state index is 12.5. The van der Waals surface area contributed by atoms with Gasteiger partial charge < -0.3 is 14.8 Å². The molecule has 26 heavy (non-hydrogen) atoms. The van der Waals surface area contributed by atoms with Crippen LogP contribution >= 0.6 is 0 Å². The second-order valence-electron chi connectivity index (χ2n) is 5.73. The zero-order valence-electron chi connectivity index (χ0n) is 15.1. The molecule has 1 N–H and O–H groups in total. The highest BCUT2D eigenvalue weighted by Gasteiger charge is 2.16. The molecule has 7 heteroatoms. The molecule has 1 amide bonds. The first kappa shape index (κ1) is 19.2. The average Bonchev–Trinajstić information content (AvgIpc) is 2.63. The lowest BCUT2D eigenvalue weighted by molar-refractivity contribution is -0.385. The quantitative estimate of drug-likeness (QED) is 0.430. The van der Waals surface area contributed by atoms with Gasteiger partial charge in [0.15, 0.2) is 11.5 Å². The van der Waals surface area contributed by atoms with Crippen molar-refractivity contribution in [3.8, 4) is 11.5 Å². The summed E-state index contributed by atoms with van der Waals surface area (Å²) in [6.45, 7) is 4.24.